The highest BCUT2D eigenvalue weighted by Crippen LogP contribution is 2.16. The molecule has 1 aromatic carbocycles. The number of benzene rings is 1. The fourth-order valence-electron chi connectivity index (χ4n) is 2.84. The van der Waals surface area contributed by atoms with Crippen molar-refractivity contribution in [1.29, 1.82) is 0 Å². The summed E-state index contributed by atoms with van der Waals surface area (Å²) in [6.07, 6.45) is 0. The second-order valence-corrected chi connectivity index (χ2v) is 6.56. The van der Waals surface area contributed by atoms with Crippen LogP contribution in [0.25, 0.3) is 0 Å². The Balaban J connectivity index is 1.70. The normalized spacial score (nSPS) is 16.2. The molecule has 1 atom stereocenters. The molecule has 1 aliphatic rings. The van der Waals surface area contributed by atoms with E-state index < -0.39 is 5.91 Å². The van der Waals surface area contributed by atoms with Gasteiger partial charge in [0.25, 0.3) is 11.8 Å². The number of aromatic nitrogens is 3. The molecule has 8 nitrogen and oxygen atoms in total. The van der Waals surface area contributed by atoms with Gasteiger partial charge in [-0.1, -0.05) is 31.2 Å². The molecule has 2 amide bonds. The lowest BCUT2D eigenvalue weighted by Crippen LogP contribution is -2.48. The Hall–Kier alpha value is -2.90. The van der Waals surface area contributed by atoms with E-state index in [2.05, 4.69) is 20.9 Å². The number of nitrogens with one attached hydrogen (secondary N) is 2. The molecule has 8 heteroatoms. The molecule has 0 radical (unpaired) electrons. The van der Waals surface area contributed by atoms with E-state index in [9.17, 15) is 9.59 Å². The SMILES string of the molecule is CCOc1cccc(CNC(=O)c2nnn3c2C(=O)N[C@@H](C(C)C)C3)c1. The molecule has 1 aromatic heterocycles. The van der Waals surface area contributed by atoms with Gasteiger partial charge in [0.15, 0.2) is 11.4 Å². The molecule has 1 aliphatic heterocycles. The third-order valence-corrected chi connectivity index (χ3v) is 4.32. The maximum atomic E-state index is 12.5. The third-order valence-electron chi connectivity index (χ3n) is 4.32. The van der Waals surface area contributed by atoms with Crippen LogP contribution in [0.15, 0.2) is 24.3 Å². The highest BCUT2D eigenvalue weighted by molar-refractivity contribution is 6.05. The average molecular weight is 357 g/mol. The summed E-state index contributed by atoms with van der Waals surface area (Å²) in [5, 5.41) is 13.6. The molecule has 26 heavy (non-hydrogen) atoms. The maximum absolute atomic E-state index is 12.5. The Bertz CT molecular complexity index is 815. The van der Waals surface area contributed by atoms with Gasteiger partial charge >= 0.3 is 0 Å². The molecule has 0 unspecified atom stereocenters. The first-order chi connectivity index (χ1) is 12.5. The van der Waals surface area contributed by atoms with Gasteiger partial charge in [-0.3, -0.25) is 9.59 Å². The van der Waals surface area contributed by atoms with E-state index in [4.69, 9.17) is 4.74 Å². The first-order valence-corrected chi connectivity index (χ1v) is 8.74. The van der Waals surface area contributed by atoms with Crippen LogP contribution in [0.3, 0.4) is 0 Å². The summed E-state index contributed by atoms with van der Waals surface area (Å²) in [6.45, 7) is 7.36. The summed E-state index contributed by atoms with van der Waals surface area (Å²) in [6, 6.07) is 7.47. The molecule has 0 aliphatic carbocycles. The number of rotatable bonds is 6. The molecule has 2 N–H and O–H groups in total. The number of nitrogens with zero attached hydrogens (tertiary/aromatic N) is 3. The Labute approximate surface area is 151 Å². The highest BCUT2D eigenvalue weighted by Gasteiger charge is 2.32. The number of carbonyl (C=O) groups is 2. The minimum absolute atomic E-state index is 0.0195. The van der Waals surface area contributed by atoms with Gasteiger partial charge < -0.3 is 15.4 Å². The second kappa shape index (κ2) is 7.55. The molecule has 0 saturated heterocycles. The van der Waals surface area contributed by atoms with Crippen LogP contribution in [0.2, 0.25) is 0 Å². The molecule has 3 rings (SSSR count). The number of amides is 2. The maximum Gasteiger partial charge on any atom is 0.274 e. The number of carbonyl (C=O) groups excluding carboxylic acids is 2. The van der Waals surface area contributed by atoms with E-state index in [1.165, 1.54) is 4.68 Å². The quantitative estimate of drug-likeness (QED) is 0.814. The summed E-state index contributed by atoms with van der Waals surface area (Å²) < 4.78 is 6.96. The molecule has 2 heterocycles. The summed E-state index contributed by atoms with van der Waals surface area (Å²) in [7, 11) is 0. The number of fused-ring (bicyclic) bond motifs is 1. The van der Waals surface area contributed by atoms with Crippen molar-refractivity contribution in [2.24, 2.45) is 5.92 Å². The van der Waals surface area contributed by atoms with E-state index in [0.717, 1.165) is 11.3 Å². The Kier molecular flexibility index (Phi) is 5.20. The zero-order chi connectivity index (χ0) is 18.7. The molecule has 138 valence electrons. The van der Waals surface area contributed by atoms with E-state index in [1.54, 1.807) is 0 Å². The van der Waals surface area contributed by atoms with Gasteiger partial charge in [0.2, 0.25) is 0 Å². The Morgan fingerprint density at radius 1 is 1.46 bits per heavy atom. The van der Waals surface area contributed by atoms with Gasteiger partial charge in [-0.15, -0.1) is 5.10 Å². The zero-order valence-corrected chi connectivity index (χ0v) is 15.2. The molecule has 0 spiro atoms. The first-order valence-electron chi connectivity index (χ1n) is 8.74. The van der Waals surface area contributed by atoms with Crippen LogP contribution in [0.5, 0.6) is 5.75 Å². The van der Waals surface area contributed by atoms with Gasteiger partial charge in [-0.25, -0.2) is 4.68 Å². The largest absolute Gasteiger partial charge is 0.494 e. The highest BCUT2D eigenvalue weighted by atomic mass is 16.5. The van der Waals surface area contributed by atoms with Crippen molar-refractivity contribution in [3.63, 3.8) is 0 Å². The molecule has 2 aromatic rings. The molecular weight excluding hydrogens is 334 g/mol. The third kappa shape index (κ3) is 3.68. The van der Waals surface area contributed by atoms with Gasteiger partial charge in [0.1, 0.15) is 5.75 Å². The van der Waals surface area contributed by atoms with Gasteiger partial charge in [-0.2, -0.15) is 0 Å². The fourth-order valence-corrected chi connectivity index (χ4v) is 2.84. The minimum atomic E-state index is -0.425. The van der Waals surface area contributed by atoms with Crippen molar-refractivity contribution in [2.45, 2.75) is 39.9 Å². The summed E-state index contributed by atoms with van der Waals surface area (Å²) in [4.78, 5) is 24.9. The van der Waals surface area contributed by atoms with E-state index in [-0.39, 0.29) is 29.3 Å². The van der Waals surface area contributed by atoms with Crippen LogP contribution < -0.4 is 15.4 Å². The van der Waals surface area contributed by atoms with Gasteiger partial charge in [0.05, 0.1) is 19.2 Å². The Morgan fingerprint density at radius 2 is 2.27 bits per heavy atom. The van der Waals surface area contributed by atoms with Gasteiger partial charge in [-0.05, 0) is 30.5 Å². The first kappa shape index (κ1) is 17.9. The predicted molar refractivity (Wildman–Crippen MR) is 94.9 cm³/mol. The van der Waals surface area contributed by atoms with Crippen LogP contribution in [0.4, 0.5) is 0 Å². The topological polar surface area (TPSA) is 98.1 Å². The number of hydrogen-bond donors (Lipinski definition) is 2. The van der Waals surface area contributed by atoms with E-state index in [1.807, 2.05) is 45.0 Å². The summed E-state index contributed by atoms with van der Waals surface area (Å²) >= 11 is 0. The van der Waals surface area contributed by atoms with Crippen LogP contribution in [0, 0.1) is 5.92 Å². The summed E-state index contributed by atoms with van der Waals surface area (Å²) in [5.41, 5.74) is 1.16. The lowest BCUT2D eigenvalue weighted by atomic mass is 10.0. The molecular formula is C18H23N5O3. The van der Waals surface area contributed by atoms with Crippen molar-refractivity contribution in [1.82, 2.24) is 25.6 Å². The minimum Gasteiger partial charge on any atom is -0.494 e. The Morgan fingerprint density at radius 3 is 3.00 bits per heavy atom. The average Bonchev–Trinajstić information content (AvgIpc) is 3.05. The van der Waals surface area contributed by atoms with E-state index in [0.29, 0.717) is 19.7 Å². The van der Waals surface area contributed by atoms with Crippen LogP contribution in [-0.4, -0.2) is 39.5 Å². The van der Waals surface area contributed by atoms with Crippen molar-refractivity contribution >= 4 is 11.8 Å². The molecule has 0 bridgehead atoms. The fraction of sp³-hybridized carbons (Fsp3) is 0.444. The van der Waals surface area contributed by atoms with Crippen molar-refractivity contribution in [3.8, 4) is 5.75 Å². The van der Waals surface area contributed by atoms with E-state index >= 15 is 0 Å². The van der Waals surface area contributed by atoms with Crippen molar-refractivity contribution in [2.75, 3.05) is 6.61 Å². The van der Waals surface area contributed by atoms with Crippen LogP contribution >= 0.6 is 0 Å². The second-order valence-electron chi connectivity index (χ2n) is 6.56. The number of hydrogen-bond acceptors (Lipinski definition) is 5. The van der Waals surface area contributed by atoms with Crippen molar-refractivity contribution < 1.29 is 14.3 Å². The van der Waals surface area contributed by atoms with Gasteiger partial charge in [0, 0.05) is 6.54 Å². The predicted octanol–water partition coefficient (Wildman–Crippen LogP) is 1.37. The monoisotopic (exact) mass is 357 g/mol. The number of ether oxygens (including phenoxy) is 1. The van der Waals surface area contributed by atoms with Crippen molar-refractivity contribution in [3.05, 3.63) is 41.2 Å². The standard InChI is InChI=1S/C18H23N5O3/c1-4-26-13-7-5-6-12(8-13)9-19-17(24)15-16-18(25)20-14(11(2)3)10-23(16)22-21-15/h5-8,11,14H,4,9-10H2,1-3H3,(H,19,24)(H,20,25)/t14-/m1/s1. The zero-order valence-electron chi connectivity index (χ0n) is 15.2. The lowest BCUT2D eigenvalue weighted by Gasteiger charge is -2.27. The van der Waals surface area contributed by atoms with Crippen LogP contribution in [-0.2, 0) is 13.1 Å². The smallest absolute Gasteiger partial charge is 0.274 e. The molecule has 0 fully saturated rings. The lowest BCUT2D eigenvalue weighted by molar-refractivity contribution is 0.0861. The summed E-state index contributed by atoms with van der Waals surface area (Å²) in [5.74, 6) is 0.278. The van der Waals surface area contributed by atoms with Crippen LogP contribution in [0.1, 0.15) is 47.3 Å². The molecule has 0 saturated carbocycles.